The molecule has 8 rings (SSSR count). The molecule has 0 radical (unpaired) electrons. The number of aromatic nitrogens is 3. The summed E-state index contributed by atoms with van der Waals surface area (Å²) in [5.41, 5.74) is -0.0515. The Balaban J connectivity index is 1.16. The molecule has 2 bridgehead atoms. The van der Waals surface area contributed by atoms with Gasteiger partial charge in [0.25, 0.3) is 0 Å². The minimum Gasteiger partial charge on any atom is -0.480 e. The number of carboxylic acid groups (broad SMARTS) is 1. The number of ether oxygens (including phenoxy) is 5. The average molecular weight is 833 g/mol. The van der Waals surface area contributed by atoms with E-state index in [0.29, 0.717) is 71.5 Å². The molecule has 3 aliphatic heterocycles. The molecule has 4 fully saturated rings. The van der Waals surface area contributed by atoms with Crippen molar-refractivity contribution in [3.63, 3.8) is 0 Å². The highest BCUT2D eigenvalue weighted by molar-refractivity contribution is 6.02. The van der Waals surface area contributed by atoms with Crippen LogP contribution < -0.4 is 14.4 Å². The van der Waals surface area contributed by atoms with Gasteiger partial charge in [-0.1, -0.05) is 13.0 Å². The van der Waals surface area contributed by atoms with Crippen molar-refractivity contribution in [2.45, 2.75) is 96.4 Å². The van der Waals surface area contributed by atoms with Crippen LogP contribution in [0.5, 0.6) is 11.8 Å². The second-order valence-electron chi connectivity index (χ2n) is 17.7. The number of piperidine rings is 1. The Morgan fingerprint density at radius 3 is 2.47 bits per heavy atom. The van der Waals surface area contributed by atoms with Crippen molar-refractivity contribution in [3.8, 4) is 23.0 Å². The van der Waals surface area contributed by atoms with Gasteiger partial charge in [-0.15, -0.1) is 0 Å². The van der Waals surface area contributed by atoms with Crippen LogP contribution in [-0.4, -0.2) is 126 Å². The summed E-state index contributed by atoms with van der Waals surface area (Å²) in [7, 11) is 1.50. The first-order valence-electron chi connectivity index (χ1n) is 20.9. The number of hydrogen-bond donors (Lipinski definition) is 1. The summed E-state index contributed by atoms with van der Waals surface area (Å²) < 4.78 is 61.6. The number of methoxy groups -OCH3 is 1. The lowest BCUT2D eigenvalue weighted by atomic mass is 9.94. The van der Waals surface area contributed by atoms with E-state index in [-0.39, 0.29) is 60.3 Å². The number of piperazine rings is 1. The summed E-state index contributed by atoms with van der Waals surface area (Å²) in [6.07, 6.45) is 6.57. The number of hydrogen-bond acceptors (Lipinski definition) is 12. The Kier molecular flexibility index (Phi) is 11.7. The second kappa shape index (κ2) is 16.8. The zero-order valence-electron chi connectivity index (χ0n) is 35.0. The van der Waals surface area contributed by atoms with Crippen LogP contribution in [0.15, 0.2) is 30.5 Å². The molecule has 322 valence electrons. The third-order valence-electron chi connectivity index (χ3n) is 12.1. The number of benzene rings is 2. The van der Waals surface area contributed by atoms with Crippen molar-refractivity contribution in [2.24, 2.45) is 5.41 Å². The molecule has 1 amide bonds. The van der Waals surface area contributed by atoms with Crippen LogP contribution in [0, 0.1) is 17.0 Å². The highest BCUT2D eigenvalue weighted by Gasteiger charge is 2.47. The largest absolute Gasteiger partial charge is 0.480 e. The second-order valence-corrected chi connectivity index (χ2v) is 17.7. The van der Waals surface area contributed by atoms with Crippen LogP contribution in [-0.2, 0) is 25.4 Å². The molecule has 2 aromatic carbocycles. The highest BCUT2D eigenvalue weighted by atomic mass is 19.1. The van der Waals surface area contributed by atoms with Gasteiger partial charge in [0.1, 0.15) is 40.8 Å². The zero-order valence-corrected chi connectivity index (χ0v) is 35.0. The summed E-state index contributed by atoms with van der Waals surface area (Å²) >= 11 is 0. The van der Waals surface area contributed by atoms with E-state index in [2.05, 4.69) is 9.80 Å². The van der Waals surface area contributed by atoms with Gasteiger partial charge in [0.15, 0.2) is 12.6 Å². The molecule has 2 unspecified atom stereocenters. The third-order valence-corrected chi connectivity index (χ3v) is 12.1. The number of anilines is 1. The molecule has 4 aliphatic rings. The van der Waals surface area contributed by atoms with Crippen molar-refractivity contribution >= 4 is 39.6 Å². The number of carbonyl (C=O) groups excluding carboxylic acids is 1. The standard InChI is InChI=1S/C44H54F2N6O8/c1-6-31-34(45)12-9-26-16-30(59-25-56-5)17-32(36(26)31)38-37(46)39-33(18-47-38)40(51-19-27-10-11-28(20-51)52(27)42(55)60-43(2,3)4)49-41(48-39)58-24-44(13-14-44)23-50-15-7-8-29(21-50)57-22-35(53)54/h9,12,16-18,27-29H,6-8,10-11,13-15,19-25H2,1-5H3,(H,53,54)/t27?,28?,29-/m0/s1. The number of aliphatic carboxylic acids is 1. The molecule has 1 aliphatic carbocycles. The molecular formula is C44H54F2N6O8. The van der Waals surface area contributed by atoms with Gasteiger partial charge in [-0.25, -0.2) is 18.4 Å². The first kappa shape index (κ1) is 41.8. The Hall–Kier alpha value is -4.93. The maximum absolute atomic E-state index is 17.5. The summed E-state index contributed by atoms with van der Waals surface area (Å²) in [4.78, 5) is 45.0. The molecule has 1 N–H and O–H groups in total. The van der Waals surface area contributed by atoms with Crippen LogP contribution in [0.1, 0.15) is 71.8 Å². The molecule has 3 atom stereocenters. The number of carbonyl (C=O) groups is 2. The van der Waals surface area contributed by atoms with E-state index in [1.165, 1.54) is 13.2 Å². The number of pyridine rings is 1. The van der Waals surface area contributed by atoms with E-state index in [1.807, 2.05) is 32.6 Å². The fourth-order valence-corrected chi connectivity index (χ4v) is 9.13. The van der Waals surface area contributed by atoms with E-state index < -0.39 is 23.2 Å². The van der Waals surface area contributed by atoms with Crippen molar-refractivity contribution in [3.05, 3.63) is 47.7 Å². The van der Waals surface area contributed by atoms with Gasteiger partial charge < -0.3 is 38.6 Å². The topological polar surface area (TPSA) is 149 Å². The quantitative estimate of drug-likeness (QED) is 0.130. The highest BCUT2D eigenvalue weighted by Crippen LogP contribution is 2.47. The minimum atomic E-state index is -0.983. The molecule has 2 aromatic heterocycles. The number of carboxylic acids is 1. The van der Waals surface area contributed by atoms with Crippen molar-refractivity contribution in [1.29, 1.82) is 0 Å². The minimum absolute atomic E-state index is 0.00651. The van der Waals surface area contributed by atoms with Gasteiger partial charge in [0, 0.05) is 50.5 Å². The first-order chi connectivity index (χ1) is 28.7. The van der Waals surface area contributed by atoms with Gasteiger partial charge in [-0.05, 0) is 107 Å². The van der Waals surface area contributed by atoms with Crippen LogP contribution >= 0.6 is 0 Å². The fourth-order valence-electron chi connectivity index (χ4n) is 9.13. The molecule has 5 heterocycles. The monoisotopic (exact) mass is 832 g/mol. The fraction of sp³-hybridized carbons (Fsp3) is 0.568. The number of halogens is 2. The number of fused-ring (bicyclic) bond motifs is 4. The first-order valence-corrected chi connectivity index (χ1v) is 20.9. The maximum Gasteiger partial charge on any atom is 0.410 e. The average Bonchev–Trinajstić information content (AvgIpc) is 3.92. The van der Waals surface area contributed by atoms with Crippen LogP contribution in [0.25, 0.3) is 32.9 Å². The Bertz CT molecular complexity index is 2250. The van der Waals surface area contributed by atoms with E-state index in [0.717, 1.165) is 51.6 Å². The molecule has 14 nitrogen and oxygen atoms in total. The van der Waals surface area contributed by atoms with Gasteiger partial charge >= 0.3 is 18.1 Å². The van der Waals surface area contributed by atoms with E-state index in [1.54, 1.807) is 24.4 Å². The number of aryl methyl sites for hydroxylation is 1. The smallest absolute Gasteiger partial charge is 0.410 e. The summed E-state index contributed by atoms with van der Waals surface area (Å²) in [6.45, 7) is 10.5. The summed E-state index contributed by atoms with van der Waals surface area (Å²) in [5.74, 6) is -1.24. The predicted octanol–water partition coefficient (Wildman–Crippen LogP) is 6.98. The van der Waals surface area contributed by atoms with E-state index >= 15 is 8.78 Å². The molecular weight excluding hydrogens is 779 g/mol. The molecule has 3 saturated heterocycles. The maximum atomic E-state index is 17.5. The molecule has 4 aromatic rings. The van der Waals surface area contributed by atoms with E-state index in [9.17, 15) is 9.59 Å². The lowest BCUT2D eigenvalue weighted by Crippen LogP contribution is -2.57. The van der Waals surface area contributed by atoms with Crippen LogP contribution in [0.4, 0.5) is 19.4 Å². The third kappa shape index (κ3) is 8.77. The van der Waals surface area contributed by atoms with Gasteiger partial charge in [0.2, 0.25) is 0 Å². The SMILES string of the molecule is CCc1c(F)ccc2cc(OCOC)cc(-c3ncc4c(N5CC6CCC(C5)N6C(=O)OC(C)(C)C)nc(OCC5(CN6CCC[C@H](OCC(=O)O)C6)CC5)nc4c3F)c12. The Labute approximate surface area is 348 Å². The zero-order chi connectivity index (χ0) is 42.3. The molecule has 60 heavy (non-hydrogen) atoms. The molecule has 1 saturated carbocycles. The Morgan fingerprint density at radius 1 is 1.02 bits per heavy atom. The number of likely N-dealkylation sites (tertiary alicyclic amines) is 1. The van der Waals surface area contributed by atoms with Crippen molar-refractivity contribution in [2.75, 3.05) is 64.7 Å². The lowest BCUT2D eigenvalue weighted by Gasteiger charge is -2.42. The van der Waals surface area contributed by atoms with E-state index in [4.69, 9.17) is 43.7 Å². The number of nitrogens with zero attached hydrogens (tertiary/aromatic N) is 6. The summed E-state index contributed by atoms with van der Waals surface area (Å²) in [6, 6.07) is 6.20. The van der Waals surface area contributed by atoms with Gasteiger partial charge in [-0.3, -0.25) is 9.88 Å². The molecule has 16 heteroatoms. The van der Waals surface area contributed by atoms with Crippen LogP contribution in [0.3, 0.4) is 0 Å². The number of amides is 1. The summed E-state index contributed by atoms with van der Waals surface area (Å²) in [5, 5.41) is 10.7. The Morgan fingerprint density at radius 2 is 1.78 bits per heavy atom. The van der Waals surface area contributed by atoms with Gasteiger partial charge in [-0.2, -0.15) is 9.97 Å². The molecule has 0 spiro atoms. The van der Waals surface area contributed by atoms with Crippen LogP contribution in [0.2, 0.25) is 0 Å². The predicted molar refractivity (Wildman–Crippen MR) is 219 cm³/mol. The van der Waals surface area contributed by atoms with Crippen molar-refractivity contribution < 1.29 is 47.2 Å². The number of rotatable bonds is 14. The van der Waals surface area contributed by atoms with Crippen molar-refractivity contribution in [1.82, 2.24) is 24.8 Å². The normalized spacial score (nSPS) is 21.4. The lowest BCUT2D eigenvalue weighted by molar-refractivity contribution is -0.145. The van der Waals surface area contributed by atoms with Gasteiger partial charge in [0.05, 0.1) is 30.2 Å².